The number of nitro benzene ring substituents is 1. The molecule has 1 aliphatic heterocycles. The molecule has 1 unspecified atom stereocenters. The molecule has 0 aromatic heterocycles. The van der Waals surface area contributed by atoms with E-state index >= 15 is 0 Å². The summed E-state index contributed by atoms with van der Waals surface area (Å²) >= 11 is 0. The lowest BCUT2D eigenvalue weighted by Gasteiger charge is -2.18. The van der Waals surface area contributed by atoms with E-state index in [9.17, 15) is 14.9 Å². The van der Waals surface area contributed by atoms with Gasteiger partial charge >= 0.3 is 0 Å². The third-order valence-corrected chi connectivity index (χ3v) is 4.05. The highest BCUT2D eigenvalue weighted by atomic mass is 16.6. The Kier molecular flexibility index (Phi) is 4.42. The van der Waals surface area contributed by atoms with Crippen LogP contribution in [0.3, 0.4) is 0 Å². The van der Waals surface area contributed by atoms with Crippen LogP contribution in [0.5, 0.6) is 0 Å². The van der Waals surface area contributed by atoms with E-state index in [1.54, 1.807) is 4.90 Å². The molecule has 1 aromatic rings. The molecular weight excluding hydrogens is 272 g/mol. The average Bonchev–Trinajstić information content (AvgIpc) is 2.95. The first-order valence-corrected chi connectivity index (χ1v) is 6.98. The number of amides is 1. The number of nitrogen functional groups attached to an aromatic ring is 1. The molecule has 0 bridgehead atoms. The van der Waals surface area contributed by atoms with E-state index in [1.165, 1.54) is 18.2 Å². The molecule has 114 valence electrons. The van der Waals surface area contributed by atoms with Crippen LogP contribution in [0.2, 0.25) is 0 Å². The van der Waals surface area contributed by atoms with Gasteiger partial charge in [-0.05, 0) is 30.4 Å². The Labute approximate surface area is 123 Å². The normalized spacial score (nSPS) is 18.1. The van der Waals surface area contributed by atoms with Crippen LogP contribution in [-0.4, -0.2) is 28.8 Å². The lowest BCUT2D eigenvalue weighted by atomic mass is 9.95. The number of carbonyl (C=O) groups excluding carboxylic acids is 1. The number of likely N-dealkylation sites (tertiary alicyclic amines) is 1. The predicted molar refractivity (Wildman–Crippen MR) is 79.8 cm³/mol. The zero-order chi connectivity index (χ0) is 15.6. The van der Waals surface area contributed by atoms with E-state index in [1.807, 2.05) is 0 Å². The standard InChI is InChI=1S/C14H20N4O3/c1-9(2)11-5-6-17(8-11)14(19)10-3-4-13(18(20)21)12(7-10)16-15/h3-4,7,9,11,16H,5-6,8,15H2,1-2H3. The number of benzene rings is 1. The molecule has 0 aliphatic carbocycles. The zero-order valence-corrected chi connectivity index (χ0v) is 12.2. The van der Waals surface area contributed by atoms with Crippen LogP contribution >= 0.6 is 0 Å². The van der Waals surface area contributed by atoms with Crippen molar-refractivity contribution in [3.8, 4) is 0 Å². The number of nitrogens with one attached hydrogen (secondary N) is 1. The molecule has 0 saturated carbocycles. The van der Waals surface area contributed by atoms with Crippen molar-refractivity contribution in [3.63, 3.8) is 0 Å². The van der Waals surface area contributed by atoms with E-state index in [2.05, 4.69) is 19.3 Å². The maximum absolute atomic E-state index is 12.5. The van der Waals surface area contributed by atoms with Crippen molar-refractivity contribution in [1.82, 2.24) is 4.90 Å². The molecule has 1 aliphatic rings. The van der Waals surface area contributed by atoms with Crippen molar-refractivity contribution in [3.05, 3.63) is 33.9 Å². The number of rotatable bonds is 4. The molecule has 1 aromatic carbocycles. The summed E-state index contributed by atoms with van der Waals surface area (Å²) in [5.41, 5.74) is 2.69. The molecule has 1 heterocycles. The van der Waals surface area contributed by atoms with Crippen LogP contribution in [0.4, 0.5) is 11.4 Å². The molecule has 1 fully saturated rings. The number of hydrogen-bond acceptors (Lipinski definition) is 5. The number of hydrazine groups is 1. The molecule has 21 heavy (non-hydrogen) atoms. The Morgan fingerprint density at radius 2 is 2.24 bits per heavy atom. The topological polar surface area (TPSA) is 102 Å². The van der Waals surface area contributed by atoms with Gasteiger partial charge in [0, 0.05) is 24.7 Å². The van der Waals surface area contributed by atoms with Crippen molar-refractivity contribution < 1.29 is 9.72 Å². The molecule has 1 atom stereocenters. The molecule has 0 radical (unpaired) electrons. The highest BCUT2D eigenvalue weighted by Crippen LogP contribution is 2.28. The molecule has 3 N–H and O–H groups in total. The second-order valence-electron chi connectivity index (χ2n) is 5.68. The molecular formula is C14H20N4O3. The summed E-state index contributed by atoms with van der Waals surface area (Å²) in [5.74, 6) is 6.24. The number of nitrogens with zero attached hydrogens (tertiary/aromatic N) is 2. The fourth-order valence-electron chi connectivity index (χ4n) is 2.64. The molecule has 1 saturated heterocycles. The largest absolute Gasteiger partial charge is 0.338 e. The minimum atomic E-state index is -0.534. The second kappa shape index (κ2) is 6.09. The minimum absolute atomic E-state index is 0.107. The first-order valence-electron chi connectivity index (χ1n) is 6.98. The smallest absolute Gasteiger partial charge is 0.293 e. The van der Waals surface area contributed by atoms with Gasteiger partial charge < -0.3 is 10.3 Å². The average molecular weight is 292 g/mol. The Morgan fingerprint density at radius 3 is 2.76 bits per heavy atom. The van der Waals surface area contributed by atoms with E-state index in [-0.39, 0.29) is 17.3 Å². The van der Waals surface area contributed by atoms with Crippen LogP contribution < -0.4 is 11.3 Å². The lowest BCUT2D eigenvalue weighted by molar-refractivity contribution is -0.384. The van der Waals surface area contributed by atoms with Crippen molar-refractivity contribution >= 4 is 17.3 Å². The molecule has 1 amide bonds. The molecule has 7 nitrogen and oxygen atoms in total. The van der Waals surface area contributed by atoms with Crippen LogP contribution in [0.15, 0.2) is 18.2 Å². The Morgan fingerprint density at radius 1 is 1.52 bits per heavy atom. The van der Waals surface area contributed by atoms with Gasteiger partial charge in [0.05, 0.1) is 4.92 Å². The van der Waals surface area contributed by atoms with E-state index in [4.69, 9.17) is 5.84 Å². The van der Waals surface area contributed by atoms with Crippen molar-refractivity contribution in [2.45, 2.75) is 20.3 Å². The first-order chi connectivity index (χ1) is 9.93. The third-order valence-electron chi connectivity index (χ3n) is 4.05. The number of carbonyl (C=O) groups is 1. The summed E-state index contributed by atoms with van der Waals surface area (Å²) in [4.78, 5) is 24.6. The van der Waals surface area contributed by atoms with Gasteiger partial charge in [-0.2, -0.15) is 0 Å². The van der Waals surface area contributed by atoms with Crippen LogP contribution in [0.1, 0.15) is 30.6 Å². The van der Waals surface area contributed by atoms with Crippen LogP contribution in [0.25, 0.3) is 0 Å². The van der Waals surface area contributed by atoms with Crippen molar-refractivity contribution in [2.24, 2.45) is 17.7 Å². The number of nitrogens with two attached hydrogens (primary N) is 1. The van der Waals surface area contributed by atoms with Gasteiger partial charge in [0.2, 0.25) is 0 Å². The van der Waals surface area contributed by atoms with E-state index in [0.717, 1.165) is 19.5 Å². The summed E-state index contributed by atoms with van der Waals surface area (Å²) in [5, 5.41) is 10.9. The first kappa shape index (κ1) is 15.2. The van der Waals surface area contributed by atoms with Gasteiger partial charge in [-0.1, -0.05) is 13.8 Å². The highest BCUT2D eigenvalue weighted by molar-refractivity contribution is 5.96. The SMILES string of the molecule is CC(C)C1CCN(C(=O)c2ccc([N+](=O)[O-])c(NN)c2)C1. The van der Waals surface area contributed by atoms with Crippen LogP contribution in [0, 0.1) is 22.0 Å². The second-order valence-corrected chi connectivity index (χ2v) is 5.68. The molecule has 2 rings (SSSR count). The Bertz CT molecular complexity index is 559. The minimum Gasteiger partial charge on any atom is -0.338 e. The fraction of sp³-hybridized carbons (Fsp3) is 0.500. The zero-order valence-electron chi connectivity index (χ0n) is 12.2. The highest BCUT2D eigenvalue weighted by Gasteiger charge is 2.29. The monoisotopic (exact) mass is 292 g/mol. The van der Waals surface area contributed by atoms with Gasteiger partial charge in [0.1, 0.15) is 5.69 Å². The predicted octanol–water partition coefficient (Wildman–Crippen LogP) is 2.00. The molecule has 7 heteroatoms. The third kappa shape index (κ3) is 3.13. The summed E-state index contributed by atoms with van der Waals surface area (Å²) in [7, 11) is 0. The lowest BCUT2D eigenvalue weighted by Crippen LogP contribution is -2.29. The van der Waals surface area contributed by atoms with Crippen LogP contribution in [-0.2, 0) is 0 Å². The van der Waals surface area contributed by atoms with Crippen molar-refractivity contribution in [1.29, 1.82) is 0 Å². The maximum Gasteiger partial charge on any atom is 0.293 e. The van der Waals surface area contributed by atoms with Gasteiger partial charge in [-0.3, -0.25) is 20.8 Å². The Hall–Kier alpha value is -2.15. The van der Waals surface area contributed by atoms with Gasteiger partial charge in [-0.25, -0.2) is 0 Å². The number of nitro groups is 1. The quantitative estimate of drug-likeness (QED) is 0.502. The van der Waals surface area contributed by atoms with Crippen molar-refractivity contribution in [2.75, 3.05) is 18.5 Å². The summed E-state index contributed by atoms with van der Waals surface area (Å²) in [6.45, 7) is 5.77. The summed E-state index contributed by atoms with van der Waals surface area (Å²) < 4.78 is 0. The summed E-state index contributed by atoms with van der Waals surface area (Å²) in [6.07, 6.45) is 0.998. The van der Waals surface area contributed by atoms with Gasteiger partial charge in [0.15, 0.2) is 0 Å². The van der Waals surface area contributed by atoms with E-state index < -0.39 is 4.92 Å². The maximum atomic E-state index is 12.5. The number of hydrogen-bond donors (Lipinski definition) is 2. The fourth-order valence-corrected chi connectivity index (χ4v) is 2.64. The van der Waals surface area contributed by atoms with Gasteiger partial charge in [-0.15, -0.1) is 0 Å². The number of anilines is 1. The van der Waals surface area contributed by atoms with Gasteiger partial charge in [0.25, 0.3) is 11.6 Å². The molecule has 0 spiro atoms. The van der Waals surface area contributed by atoms with E-state index in [0.29, 0.717) is 17.4 Å². The Balaban J connectivity index is 2.19. The summed E-state index contributed by atoms with van der Waals surface area (Å²) in [6, 6.07) is 4.21.